The van der Waals surface area contributed by atoms with Gasteiger partial charge in [-0.25, -0.2) is 0 Å². The summed E-state index contributed by atoms with van der Waals surface area (Å²) in [6.45, 7) is 3.69. The number of nitrogens with zero attached hydrogens (tertiary/aromatic N) is 2. The number of hydrogen-bond donors (Lipinski definition) is 1. The van der Waals surface area contributed by atoms with Gasteiger partial charge < -0.3 is 14.7 Å². The van der Waals surface area contributed by atoms with Crippen molar-refractivity contribution in [3.63, 3.8) is 0 Å². The van der Waals surface area contributed by atoms with Crippen LogP contribution < -0.4 is 0 Å². The average molecular weight is 338 g/mol. The maximum absolute atomic E-state index is 12.8. The zero-order chi connectivity index (χ0) is 18.2. The van der Waals surface area contributed by atoms with Crippen LogP contribution in [0.1, 0.15) is 29.3 Å². The van der Waals surface area contributed by atoms with Crippen molar-refractivity contribution >= 4 is 5.91 Å². The molecular weight excluding hydrogens is 316 g/mol. The summed E-state index contributed by atoms with van der Waals surface area (Å²) in [5, 5.41) is 19.2. The van der Waals surface area contributed by atoms with E-state index in [1.54, 1.807) is 42.3 Å². The Hall–Kier alpha value is -2.84. The lowest BCUT2D eigenvalue weighted by atomic mass is 10.00. The van der Waals surface area contributed by atoms with Gasteiger partial charge >= 0.3 is 0 Å². The Balaban J connectivity index is 2.35. The molecule has 0 heterocycles. The number of carbonyl (C=O) groups is 1. The molecule has 0 aromatic heterocycles. The van der Waals surface area contributed by atoms with E-state index in [1.165, 1.54) is 6.07 Å². The fourth-order valence-electron chi connectivity index (χ4n) is 2.63. The number of carbonyl (C=O) groups excluding carboxylic acids is 1. The van der Waals surface area contributed by atoms with Crippen LogP contribution >= 0.6 is 0 Å². The molecule has 0 bridgehead atoms. The monoisotopic (exact) mass is 338 g/mol. The minimum Gasteiger partial charge on any atom is -0.507 e. The van der Waals surface area contributed by atoms with Crippen molar-refractivity contribution < 1.29 is 14.6 Å². The number of aromatic hydroxyl groups is 1. The molecule has 0 unspecified atom stereocenters. The van der Waals surface area contributed by atoms with Crippen molar-refractivity contribution in [1.82, 2.24) is 4.90 Å². The number of ether oxygens (including phenoxy) is 1. The van der Waals surface area contributed by atoms with Crippen LogP contribution in [0.3, 0.4) is 0 Å². The molecule has 0 aliphatic rings. The van der Waals surface area contributed by atoms with E-state index < -0.39 is 0 Å². The van der Waals surface area contributed by atoms with Gasteiger partial charge in [0.25, 0.3) is 5.91 Å². The first-order valence-electron chi connectivity index (χ1n) is 8.22. The molecule has 1 amide bonds. The normalized spacial score (nSPS) is 10.3. The Morgan fingerprint density at radius 3 is 2.72 bits per heavy atom. The Kier molecular flexibility index (Phi) is 6.55. The third-order valence-corrected chi connectivity index (χ3v) is 3.89. The summed E-state index contributed by atoms with van der Waals surface area (Å²) in [4.78, 5) is 14.5. The van der Waals surface area contributed by atoms with Crippen molar-refractivity contribution in [2.75, 3.05) is 26.8 Å². The fraction of sp³-hybridized carbons (Fsp3) is 0.300. The number of amides is 1. The molecule has 1 N–H and O–H groups in total. The van der Waals surface area contributed by atoms with Crippen molar-refractivity contribution in [3.05, 3.63) is 53.6 Å². The quantitative estimate of drug-likeness (QED) is 0.839. The van der Waals surface area contributed by atoms with E-state index in [2.05, 4.69) is 6.07 Å². The lowest BCUT2D eigenvalue weighted by Gasteiger charge is -2.22. The van der Waals surface area contributed by atoms with Gasteiger partial charge in [-0.05, 0) is 42.3 Å². The minimum absolute atomic E-state index is 0.0725. The molecule has 0 atom stereocenters. The van der Waals surface area contributed by atoms with Gasteiger partial charge in [-0.2, -0.15) is 5.26 Å². The number of phenols is 1. The van der Waals surface area contributed by atoms with Crippen LogP contribution in [0.4, 0.5) is 0 Å². The second-order valence-electron chi connectivity index (χ2n) is 5.71. The summed E-state index contributed by atoms with van der Waals surface area (Å²) < 4.78 is 5.08. The van der Waals surface area contributed by atoms with Gasteiger partial charge in [0.1, 0.15) is 5.75 Å². The van der Waals surface area contributed by atoms with E-state index in [0.29, 0.717) is 42.0 Å². The smallest absolute Gasteiger partial charge is 0.253 e. The molecule has 130 valence electrons. The van der Waals surface area contributed by atoms with Gasteiger partial charge in [-0.1, -0.05) is 19.1 Å². The Morgan fingerprint density at radius 1 is 1.24 bits per heavy atom. The van der Waals surface area contributed by atoms with Gasteiger partial charge in [0.2, 0.25) is 0 Å². The van der Waals surface area contributed by atoms with Crippen molar-refractivity contribution in [2.45, 2.75) is 13.3 Å². The molecule has 5 nitrogen and oxygen atoms in total. The van der Waals surface area contributed by atoms with Crippen molar-refractivity contribution in [3.8, 4) is 22.9 Å². The number of benzene rings is 2. The van der Waals surface area contributed by atoms with E-state index in [1.807, 2.05) is 13.0 Å². The molecule has 0 spiro atoms. The van der Waals surface area contributed by atoms with Crippen LogP contribution in [0, 0.1) is 11.3 Å². The highest BCUT2D eigenvalue weighted by molar-refractivity contribution is 5.95. The molecule has 2 aromatic rings. The van der Waals surface area contributed by atoms with Crippen LogP contribution in [0.25, 0.3) is 11.1 Å². The number of rotatable bonds is 7. The summed E-state index contributed by atoms with van der Waals surface area (Å²) in [5.41, 5.74) is 2.23. The predicted molar refractivity (Wildman–Crippen MR) is 96.3 cm³/mol. The number of hydrogen-bond acceptors (Lipinski definition) is 4. The van der Waals surface area contributed by atoms with Gasteiger partial charge in [0.05, 0.1) is 18.2 Å². The van der Waals surface area contributed by atoms with Gasteiger partial charge in [0.15, 0.2) is 0 Å². The van der Waals surface area contributed by atoms with Crippen LogP contribution in [0.15, 0.2) is 42.5 Å². The SMILES string of the molecule is CCCN(CCOC)C(=O)c1cccc(-c2cc(C#N)ccc2O)c1. The molecule has 0 saturated heterocycles. The number of methoxy groups -OCH3 is 1. The molecular formula is C20H22N2O3. The zero-order valence-corrected chi connectivity index (χ0v) is 14.5. The Labute approximate surface area is 148 Å². The van der Waals surface area contributed by atoms with Gasteiger partial charge in [-0.3, -0.25) is 4.79 Å². The maximum atomic E-state index is 12.8. The highest BCUT2D eigenvalue weighted by atomic mass is 16.5. The first-order valence-corrected chi connectivity index (χ1v) is 8.22. The highest BCUT2D eigenvalue weighted by Crippen LogP contribution is 2.30. The highest BCUT2D eigenvalue weighted by Gasteiger charge is 2.16. The first kappa shape index (κ1) is 18.5. The van der Waals surface area contributed by atoms with E-state index in [9.17, 15) is 9.90 Å². The molecule has 5 heteroatoms. The first-order chi connectivity index (χ1) is 12.1. The van der Waals surface area contributed by atoms with Crippen LogP contribution in [0.2, 0.25) is 0 Å². The summed E-state index contributed by atoms with van der Waals surface area (Å²) in [6.07, 6.45) is 0.861. The van der Waals surface area contributed by atoms with E-state index >= 15 is 0 Å². The molecule has 2 rings (SSSR count). The zero-order valence-electron chi connectivity index (χ0n) is 14.5. The van der Waals surface area contributed by atoms with Crippen LogP contribution in [0.5, 0.6) is 5.75 Å². The lowest BCUT2D eigenvalue weighted by molar-refractivity contribution is 0.0695. The second kappa shape index (κ2) is 8.86. The molecule has 25 heavy (non-hydrogen) atoms. The van der Waals surface area contributed by atoms with E-state index in [0.717, 1.165) is 6.42 Å². The largest absolute Gasteiger partial charge is 0.507 e. The standard InChI is InChI=1S/C20H22N2O3/c1-3-9-22(10-11-25-2)20(24)17-6-4-5-16(13-17)18-12-15(14-21)7-8-19(18)23/h4-8,12-13,23H,3,9-11H2,1-2H3. The molecule has 0 aliphatic heterocycles. The molecule has 0 fully saturated rings. The van der Waals surface area contributed by atoms with Crippen molar-refractivity contribution in [1.29, 1.82) is 5.26 Å². The van der Waals surface area contributed by atoms with E-state index in [-0.39, 0.29) is 11.7 Å². The van der Waals surface area contributed by atoms with Crippen LogP contribution in [-0.2, 0) is 4.74 Å². The molecule has 0 aliphatic carbocycles. The Bertz CT molecular complexity index is 781. The average Bonchev–Trinajstić information content (AvgIpc) is 2.65. The van der Waals surface area contributed by atoms with E-state index in [4.69, 9.17) is 10.00 Å². The molecule has 0 saturated carbocycles. The number of phenolic OH excluding ortho intramolecular Hbond substituents is 1. The minimum atomic E-state index is -0.0725. The lowest BCUT2D eigenvalue weighted by Crippen LogP contribution is -2.34. The fourth-order valence-corrected chi connectivity index (χ4v) is 2.63. The van der Waals surface area contributed by atoms with Crippen LogP contribution in [-0.4, -0.2) is 42.7 Å². The molecule has 2 aromatic carbocycles. The van der Waals surface area contributed by atoms with Gasteiger partial charge in [-0.15, -0.1) is 0 Å². The molecule has 0 radical (unpaired) electrons. The maximum Gasteiger partial charge on any atom is 0.253 e. The predicted octanol–water partition coefficient (Wildman–Crippen LogP) is 3.43. The third-order valence-electron chi connectivity index (χ3n) is 3.89. The van der Waals surface area contributed by atoms with Crippen molar-refractivity contribution in [2.24, 2.45) is 0 Å². The topological polar surface area (TPSA) is 73.6 Å². The van der Waals surface area contributed by atoms with Gasteiger partial charge in [0, 0.05) is 31.3 Å². The number of nitriles is 1. The summed E-state index contributed by atoms with van der Waals surface area (Å²) in [7, 11) is 1.61. The third kappa shape index (κ3) is 4.59. The Morgan fingerprint density at radius 2 is 2.04 bits per heavy atom. The summed E-state index contributed by atoms with van der Waals surface area (Å²) in [5.74, 6) is 0.00470. The second-order valence-corrected chi connectivity index (χ2v) is 5.71. The summed E-state index contributed by atoms with van der Waals surface area (Å²) >= 11 is 0. The summed E-state index contributed by atoms with van der Waals surface area (Å²) in [6, 6.07) is 13.8.